The van der Waals surface area contributed by atoms with E-state index in [1.165, 1.54) is 25.3 Å². The maximum Gasteiger partial charge on any atom is 0.339 e. The predicted octanol–water partition coefficient (Wildman–Crippen LogP) is 2.19. The molecule has 0 saturated heterocycles. The average Bonchev–Trinajstić information content (AvgIpc) is 2.60. The van der Waals surface area contributed by atoms with Crippen molar-refractivity contribution in [3.8, 4) is 5.75 Å². The summed E-state index contributed by atoms with van der Waals surface area (Å²) in [5.41, 5.74) is 0.448. The Morgan fingerprint density at radius 2 is 1.62 bits per heavy atom. The highest BCUT2D eigenvalue weighted by molar-refractivity contribution is 6.01. The third-order valence-corrected chi connectivity index (χ3v) is 3.08. The first kappa shape index (κ1) is 17.0. The molecule has 7 heteroatoms. The number of carbonyl (C=O) groups is 3. The number of methoxy groups -OCH3 is 1. The highest BCUT2D eigenvalue weighted by atomic mass is 16.5. The Hall–Kier alpha value is -3.35. The van der Waals surface area contributed by atoms with Crippen LogP contribution in [0.15, 0.2) is 48.5 Å². The van der Waals surface area contributed by atoms with Crippen LogP contribution in [0.25, 0.3) is 0 Å². The van der Waals surface area contributed by atoms with E-state index in [2.05, 4.69) is 10.1 Å². The number of benzene rings is 2. The van der Waals surface area contributed by atoms with Crippen LogP contribution in [0.4, 0.5) is 5.69 Å². The number of hydrogen-bond donors (Lipinski definition) is 2. The maximum atomic E-state index is 12.0. The molecular formula is C17H15NO6. The van der Waals surface area contributed by atoms with E-state index < -0.39 is 24.5 Å². The van der Waals surface area contributed by atoms with Crippen molar-refractivity contribution in [1.29, 1.82) is 0 Å². The summed E-state index contributed by atoms with van der Waals surface area (Å²) < 4.78 is 9.89. The van der Waals surface area contributed by atoms with Crippen molar-refractivity contribution in [2.45, 2.75) is 0 Å². The summed E-state index contributed by atoms with van der Waals surface area (Å²) >= 11 is 0. The molecule has 0 atom stereocenters. The highest BCUT2D eigenvalue weighted by Crippen LogP contribution is 2.19. The smallest absolute Gasteiger partial charge is 0.339 e. The molecule has 2 N–H and O–H groups in total. The molecule has 0 aliphatic carbocycles. The van der Waals surface area contributed by atoms with Gasteiger partial charge in [-0.05, 0) is 24.3 Å². The van der Waals surface area contributed by atoms with Gasteiger partial charge in [0.05, 0.1) is 18.4 Å². The molecule has 2 aromatic carbocycles. The van der Waals surface area contributed by atoms with Crippen LogP contribution < -0.4 is 10.1 Å². The Morgan fingerprint density at radius 1 is 1.00 bits per heavy atom. The Kier molecular flexibility index (Phi) is 5.51. The molecule has 0 aliphatic rings. The maximum absolute atomic E-state index is 12.0. The van der Waals surface area contributed by atoms with Gasteiger partial charge in [0, 0.05) is 0 Å². The summed E-state index contributed by atoms with van der Waals surface area (Å²) in [7, 11) is 1.24. The lowest BCUT2D eigenvalue weighted by Gasteiger charge is -2.11. The fourth-order valence-corrected chi connectivity index (χ4v) is 1.98. The lowest BCUT2D eigenvalue weighted by Crippen LogP contribution is -2.22. The molecule has 1 amide bonds. The van der Waals surface area contributed by atoms with E-state index in [0.29, 0.717) is 0 Å². The van der Waals surface area contributed by atoms with Crippen LogP contribution in [-0.4, -0.2) is 36.7 Å². The van der Waals surface area contributed by atoms with Crippen molar-refractivity contribution in [2.75, 3.05) is 19.0 Å². The minimum atomic E-state index is -1.15. The first-order valence-corrected chi connectivity index (χ1v) is 6.95. The molecule has 24 heavy (non-hydrogen) atoms. The quantitative estimate of drug-likeness (QED) is 0.788. The van der Waals surface area contributed by atoms with E-state index in [0.717, 1.165) is 0 Å². The van der Waals surface area contributed by atoms with Crippen LogP contribution in [0.2, 0.25) is 0 Å². The van der Waals surface area contributed by atoms with Gasteiger partial charge in [0.25, 0.3) is 5.91 Å². The Balaban J connectivity index is 2.05. The van der Waals surface area contributed by atoms with Crippen LogP contribution in [-0.2, 0) is 9.53 Å². The first-order chi connectivity index (χ1) is 11.5. The van der Waals surface area contributed by atoms with E-state index in [4.69, 9.17) is 9.84 Å². The van der Waals surface area contributed by atoms with Crippen molar-refractivity contribution >= 4 is 23.5 Å². The second-order valence-electron chi connectivity index (χ2n) is 4.68. The second kappa shape index (κ2) is 7.77. The van der Waals surface area contributed by atoms with Gasteiger partial charge in [-0.1, -0.05) is 24.3 Å². The van der Waals surface area contributed by atoms with Crippen LogP contribution >= 0.6 is 0 Å². The monoisotopic (exact) mass is 329 g/mol. The van der Waals surface area contributed by atoms with Crippen molar-refractivity contribution < 1.29 is 29.0 Å². The molecule has 0 spiro atoms. The SMILES string of the molecule is COC(=O)c1ccccc1NC(=O)COc1ccccc1C(=O)O. The number of hydrogen-bond acceptors (Lipinski definition) is 5. The van der Waals surface area contributed by atoms with E-state index in [9.17, 15) is 14.4 Å². The third-order valence-electron chi connectivity index (χ3n) is 3.08. The third kappa shape index (κ3) is 4.10. The lowest BCUT2D eigenvalue weighted by atomic mass is 10.2. The molecule has 0 aromatic heterocycles. The minimum absolute atomic E-state index is 0.0414. The van der Waals surface area contributed by atoms with Crippen molar-refractivity contribution in [2.24, 2.45) is 0 Å². The Morgan fingerprint density at radius 3 is 2.29 bits per heavy atom. The number of ether oxygens (including phenoxy) is 2. The van der Waals surface area contributed by atoms with Crippen LogP contribution in [0.3, 0.4) is 0 Å². The molecule has 2 rings (SSSR count). The predicted molar refractivity (Wildman–Crippen MR) is 85.3 cm³/mol. The lowest BCUT2D eigenvalue weighted by molar-refractivity contribution is -0.118. The number of rotatable bonds is 6. The molecule has 0 saturated carbocycles. The molecule has 0 aliphatic heterocycles. The van der Waals surface area contributed by atoms with Crippen LogP contribution in [0.5, 0.6) is 5.75 Å². The minimum Gasteiger partial charge on any atom is -0.483 e. The zero-order valence-corrected chi connectivity index (χ0v) is 12.8. The van der Waals surface area contributed by atoms with Crippen molar-refractivity contribution in [3.05, 3.63) is 59.7 Å². The van der Waals surface area contributed by atoms with E-state index in [1.807, 2.05) is 0 Å². The summed E-state index contributed by atoms with van der Waals surface area (Å²) in [5.74, 6) is -2.18. The summed E-state index contributed by atoms with van der Waals surface area (Å²) in [5, 5.41) is 11.6. The fraction of sp³-hybridized carbons (Fsp3) is 0.118. The van der Waals surface area contributed by atoms with E-state index in [-0.39, 0.29) is 22.6 Å². The number of nitrogens with one attached hydrogen (secondary N) is 1. The van der Waals surface area contributed by atoms with Gasteiger partial charge in [-0.25, -0.2) is 9.59 Å². The number of para-hydroxylation sites is 2. The number of esters is 1. The van der Waals surface area contributed by atoms with Gasteiger partial charge in [0.15, 0.2) is 6.61 Å². The number of carboxylic acids is 1. The normalized spacial score (nSPS) is 9.88. The topological polar surface area (TPSA) is 102 Å². The summed E-state index contributed by atoms with van der Waals surface area (Å²) in [4.78, 5) is 34.7. The molecular weight excluding hydrogens is 314 g/mol. The van der Waals surface area contributed by atoms with Crippen LogP contribution in [0, 0.1) is 0 Å². The summed E-state index contributed by atoms with van der Waals surface area (Å²) in [6.07, 6.45) is 0. The highest BCUT2D eigenvalue weighted by Gasteiger charge is 2.15. The van der Waals surface area contributed by atoms with Gasteiger partial charge in [0.1, 0.15) is 11.3 Å². The zero-order valence-electron chi connectivity index (χ0n) is 12.8. The van der Waals surface area contributed by atoms with Gasteiger partial charge < -0.3 is 19.9 Å². The largest absolute Gasteiger partial charge is 0.483 e. The average molecular weight is 329 g/mol. The van der Waals surface area contributed by atoms with Gasteiger partial charge in [-0.15, -0.1) is 0 Å². The Labute approximate surface area is 137 Å². The molecule has 0 bridgehead atoms. The zero-order chi connectivity index (χ0) is 17.5. The molecule has 0 heterocycles. The number of carboxylic acid groups (broad SMARTS) is 1. The molecule has 124 valence electrons. The van der Waals surface area contributed by atoms with Crippen molar-refractivity contribution in [1.82, 2.24) is 0 Å². The number of anilines is 1. The van der Waals surface area contributed by atoms with E-state index in [1.54, 1.807) is 30.3 Å². The van der Waals surface area contributed by atoms with Crippen molar-refractivity contribution in [3.63, 3.8) is 0 Å². The number of carbonyl (C=O) groups excluding carboxylic acids is 2. The molecule has 0 radical (unpaired) electrons. The molecule has 2 aromatic rings. The molecule has 7 nitrogen and oxygen atoms in total. The molecule has 0 fully saturated rings. The number of amides is 1. The molecule has 0 unspecified atom stereocenters. The van der Waals surface area contributed by atoms with Gasteiger partial charge in [0.2, 0.25) is 0 Å². The van der Waals surface area contributed by atoms with Gasteiger partial charge >= 0.3 is 11.9 Å². The Bertz CT molecular complexity index is 771. The summed E-state index contributed by atoms with van der Waals surface area (Å²) in [6, 6.07) is 12.4. The van der Waals surface area contributed by atoms with Crippen LogP contribution in [0.1, 0.15) is 20.7 Å². The van der Waals surface area contributed by atoms with E-state index >= 15 is 0 Å². The van der Waals surface area contributed by atoms with Gasteiger partial charge in [-0.2, -0.15) is 0 Å². The van der Waals surface area contributed by atoms with Gasteiger partial charge in [-0.3, -0.25) is 4.79 Å². The fourth-order valence-electron chi connectivity index (χ4n) is 1.98. The summed E-state index contributed by atoms with van der Waals surface area (Å²) in [6.45, 7) is -0.403. The second-order valence-corrected chi connectivity index (χ2v) is 4.68. The number of aromatic carboxylic acids is 1. The first-order valence-electron chi connectivity index (χ1n) is 6.95. The standard InChI is InChI=1S/C17H15NO6/c1-23-17(22)11-6-2-4-8-13(11)18-15(19)10-24-14-9-5-3-7-12(14)16(20)21/h2-9H,10H2,1H3,(H,18,19)(H,20,21).